The first-order valence-corrected chi connectivity index (χ1v) is 5.74. The van der Waals surface area contributed by atoms with Crippen molar-refractivity contribution in [1.29, 1.82) is 0 Å². The third-order valence-corrected chi connectivity index (χ3v) is 3.67. The Bertz CT molecular complexity index is 375. The zero-order chi connectivity index (χ0) is 10.8. The number of nitrogens with zero attached hydrogens (tertiary/aromatic N) is 1. The number of carboxylic acid groups (broad SMARTS) is 1. The number of aryl methyl sites for hydroxylation is 1. The molecule has 2 rings (SSSR count). The summed E-state index contributed by atoms with van der Waals surface area (Å²) in [6.45, 7) is 0.476. The topological polar surface area (TPSA) is 59.4 Å². The predicted molar refractivity (Wildman–Crippen MR) is 56.1 cm³/mol. The van der Waals surface area contributed by atoms with Crippen LogP contribution in [-0.4, -0.2) is 23.2 Å². The summed E-state index contributed by atoms with van der Waals surface area (Å²) in [6.07, 6.45) is 2.61. The Morgan fingerprint density at radius 1 is 1.73 bits per heavy atom. The Hall–Kier alpha value is -0.940. The molecule has 1 atom stereocenters. The molecule has 1 aromatic heterocycles. The summed E-state index contributed by atoms with van der Waals surface area (Å²) in [5, 5.41) is 9.94. The van der Waals surface area contributed by atoms with E-state index in [-0.39, 0.29) is 0 Å². The molecule has 0 saturated carbocycles. The molecule has 1 aromatic rings. The number of methoxy groups -OCH3 is 1. The molecule has 1 unspecified atom stereocenters. The van der Waals surface area contributed by atoms with Crippen LogP contribution in [0.3, 0.4) is 0 Å². The first kappa shape index (κ1) is 10.6. The van der Waals surface area contributed by atoms with Gasteiger partial charge in [-0.15, -0.1) is 11.3 Å². The number of hydrogen-bond acceptors (Lipinski definition) is 4. The molecule has 0 amide bonds. The lowest BCUT2D eigenvalue weighted by Crippen LogP contribution is -2.17. The maximum atomic E-state index is 11.0. The van der Waals surface area contributed by atoms with Gasteiger partial charge in [0.2, 0.25) is 0 Å². The lowest BCUT2D eigenvalue weighted by Gasteiger charge is -2.16. The molecular weight excluding hydrogens is 214 g/mol. The highest BCUT2D eigenvalue weighted by atomic mass is 32.1. The molecule has 5 heteroatoms. The van der Waals surface area contributed by atoms with Crippen LogP contribution >= 0.6 is 11.3 Å². The van der Waals surface area contributed by atoms with Crippen LogP contribution in [0.5, 0.6) is 0 Å². The number of hydrogen-bond donors (Lipinski definition) is 1. The summed E-state index contributed by atoms with van der Waals surface area (Å²) < 4.78 is 5.00. The quantitative estimate of drug-likeness (QED) is 0.855. The Balaban J connectivity index is 2.30. The van der Waals surface area contributed by atoms with E-state index >= 15 is 0 Å². The van der Waals surface area contributed by atoms with Crippen LogP contribution in [0.4, 0.5) is 0 Å². The third-order valence-electron chi connectivity index (χ3n) is 2.56. The van der Waals surface area contributed by atoms with Crippen LogP contribution in [0.2, 0.25) is 0 Å². The summed E-state index contributed by atoms with van der Waals surface area (Å²) in [5.41, 5.74) is 0.769. The van der Waals surface area contributed by atoms with Crippen molar-refractivity contribution in [2.24, 2.45) is 0 Å². The lowest BCUT2D eigenvalue weighted by molar-refractivity contribution is -0.139. The van der Waals surface area contributed by atoms with Crippen molar-refractivity contribution in [2.45, 2.75) is 31.8 Å². The molecule has 15 heavy (non-hydrogen) atoms. The highest BCUT2D eigenvalue weighted by Crippen LogP contribution is 2.34. The number of carboxylic acids is 1. The standard InChI is InChI=1S/C10H13NO3S/c1-14-5-8-11-9-6(10(12)13)3-2-4-7(9)15-8/h6H,2-5H2,1H3,(H,12,13). The van der Waals surface area contributed by atoms with Gasteiger partial charge in [-0.1, -0.05) is 0 Å². The van der Waals surface area contributed by atoms with Crippen molar-refractivity contribution in [3.8, 4) is 0 Å². The minimum absolute atomic E-state index is 0.407. The Kier molecular flexibility index (Phi) is 3.02. The fourth-order valence-corrected chi connectivity index (χ4v) is 3.04. The van der Waals surface area contributed by atoms with E-state index in [1.807, 2.05) is 0 Å². The largest absolute Gasteiger partial charge is 0.481 e. The van der Waals surface area contributed by atoms with Crippen LogP contribution in [0, 0.1) is 0 Å². The lowest BCUT2D eigenvalue weighted by atomic mass is 9.91. The number of thiazole rings is 1. The van der Waals surface area contributed by atoms with Crippen molar-refractivity contribution in [2.75, 3.05) is 7.11 Å². The van der Waals surface area contributed by atoms with Crippen molar-refractivity contribution in [3.63, 3.8) is 0 Å². The highest BCUT2D eigenvalue weighted by molar-refractivity contribution is 7.11. The van der Waals surface area contributed by atoms with Gasteiger partial charge in [-0.3, -0.25) is 4.79 Å². The first-order valence-electron chi connectivity index (χ1n) is 4.92. The first-order chi connectivity index (χ1) is 7.22. The molecule has 0 bridgehead atoms. The molecule has 4 nitrogen and oxygen atoms in total. The molecule has 1 N–H and O–H groups in total. The van der Waals surface area contributed by atoms with Crippen LogP contribution in [0.1, 0.15) is 34.3 Å². The predicted octanol–water partition coefficient (Wildman–Crippen LogP) is 1.79. The number of fused-ring (bicyclic) bond motifs is 1. The Morgan fingerprint density at radius 3 is 3.20 bits per heavy atom. The van der Waals surface area contributed by atoms with Crippen molar-refractivity contribution in [3.05, 3.63) is 15.6 Å². The number of aromatic nitrogens is 1. The second kappa shape index (κ2) is 4.28. The SMILES string of the molecule is COCc1nc2c(s1)CCCC2C(=O)O. The average Bonchev–Trinajstić information content (AvgIpc) is 2.59. The summed E-state index contributed by atoms with van der Waals surface area (Å²) in [6, 6.07) is 0. The fourth-order valence-electron chi connectivity index (χ4n) is 1.89. The van der Waals surface area contributed by atoms with Crippen molar-refractivity contribution in [1.82, 2.24) is 4.98 Å². The average molecular weight is 227 g/mol. The highest BCUT2D eigenvalue weighted by Gasteiger charge is 2.29. The van der Waals surface area contributed by atoms with E-state index in [4.69, 9.17) is 9.84 Å². The number of aliphatic carboxylic acids is 1. The van der Waals surface area contributed by atoms with E-state index < -0.39 is 11.9 Å². The zero-order valence-electron chi connectivity index (χ0n) is 8.52. The van der Waals surface area contributed by atoms with Gasteiger partial charge in [-0.25, -0.2) is 4.98 Å². The molecule has 0 aromatic carbocycles. The molecule has 82 valence electrons. The van der Waals surface area contributed by atoms with Gasteiger partial charge in [0.25, 0.3) is 0 Å². The van der Waals surface area contributed by atoms with Crippen LogP contribution in [0.25, 0.3) is 0 Å². The summed E-state index contributed by atoms with van der Waals surface area (Å²) >= 11 is 1.58. The van der Waals surface area contributed by atoms with E-state index in [9.17, 15) is 4.79 Å². The molecule has 0 spiro atoms. The van der Waals surface area contributed by atoms with Crippen LogP contribution < -0.4 is 0 Å². The second-order valence-electron chi connectivity index (χ2n) is 3.63. The molecule has 0 fully saturated rings. The van der Waals surface area contributed by atoms with Gasteiger partial charge in [0, 0.05) is 12.0 Å². The maximum Gasteiger partial charge on any atom is 0.312 e. The minimum Gasteiger partial charge on any atom is -0.481 e. The molecule has 0 aliphatic heterocycles. The fraction of sp³-hybridized carbons (Fsp3) is 0.600. The summed E-state index contributed by atoms with van der Waals surface area (Å²) in [5.74, 6) is -1.17. The maximum absolute atomic E-state index is 11.0. The third kappa shape index (κ3) is 2.03. The molecule has 1 aliphatic rings. The van der Waals surface area contributed by atoms with Gasteiger partial charge < -0.3 is 9.84 Å². The van der Waals surface area contributed by atoms with Crippen molar-refractivity contribution < 1.29 is 14.6 Å². The monoisotopic (exact) mass is 227 g/mol. The normalized spacial score (nSPS) is 19.9. The number of ether oxygens (including phenoxy) is 1. The van der Waals surface area contributed by atoms with E-state index in [0.29, 0.717) is 13.0 Å². The molecular formula is C10H13NO3S. The number of rotatable bonds is 3. The van der Waals surface area contributed by atoms with Crippen LogP contribution in [0.15, 0.2) is 0 Å². The Morgan fingerprint density at radius 2 is 2.53 bits per heavy atom. The molecule has 1 heterocycles. The van der Waals surface area contributed by atoms with Gasteiger partial charge in [-0.05, 0) is 19.3 Å². The Labute approximate surface area is 91.9 Å². The minimum atomic E-state index is -0.759. The van der Waals surface area contributed by atoms with Crippen LogP contribution in [-0.2, 0) is 22.6 Å². The molecule has 0 radical (unpaired) electrons. The molecule has 0 saturated heterocycles. The smallest absolute Gasteiger partial charge is 0.312 e. The summed E-state index contributed by atoms with van der Waals surface area (Å²) in [4.78, 5) is 16.5. The molecule has 1 aliphatic carbocycles. The second-order valence-corrected chi connectivity index (χ2v) is 4.80. The summed E-state index contributed by atoms with van der Waals surface area (Å²) in [7, 11) is 1.62. The van der Waals surface area contributed by atoms with Gasteiger partial charge in [0.1, 0.15) is 5.01 Å². The van der Waals surface area contributed by atoms with Gasteiger partial charge >= 0.3 is 5.97 Å². The number of carbonyl (C=O) groups is 1. The van der Waals surface area contributed by atoms with Gasteiger partial charge in [0.15, 0.2) is 0 Å². The zero-order valence-corrected chi connectivity index (χ0v) is 9.34. The van der Waals surface area contributed by atoms with Crippen molar-refractivity contribution >= 4 is 17.3 Å². The van der Waals surface area contributed by atoms with E-state index in [1.165, 1.54) is 0 Å². The van der Waals surface area contributed by atoms with E-state index in [0.717, 1.165) is 28.4 Å². The van der Waals surface area contributed by atoms with E-state index in [1.54, 1.807) is 18.4 Å². The van der Waals surface area contributed by atoms with Gasteiger partial charge in [0.05, 0.1) is 18.2 Å². The van der Waals surface area contributed by atoms with Gasteiger partial charge in [-0.2, -0.15) is 0 Å². The van der Waals surface area contributed by atoms with E-state index in [2.05, 4.69) is 4.98 Å².